The Kier molecular flexibility index (Phi) is 7.03. The van der Waals surface area contributed by atoms with Crippen LogP contribution in [0.4, 0.5) is 4.79 Å². The van der Waals surface area contributed by atoms with Gasteiger partial charge in [-0.05, 0) is 48.2 Å². The third kappa shape index (κ3) is 4.90. The first kappa shape index (κ1) is 22.9. The van der Waals surface area contributed by atoms with Crippen LogP contribution < -0.4 is 9.47 Å². The summed E-state index contributed by atoms with van der Waals surface area (Å²) >= 11 is 0. The van der Waals surface area contributed by atoms with Crippen molar-refractivity contribution >= 4 is 12.1 Å². The first-order valence-corrected chi connectivity index (χ1v) is 11.1. The summed E-state index contributed by atoms with van der Waals surface area (Å²) in [6, 6.07) is 13.0. The Hall–Kier alpha value is -3.26. The Bertz CT molecular complexity index is 996. The highest BCUT2D eigenvalue weighted by molar-refractivity contribution is 5.89. The number of hydrogen-bond acceptors (Lipinski definition) is 7. The zero-order chi connectivity index (χ0) is 23.4. The monoisotopic (exact) mass is 454 g/mol. The van der Waals surface area contributed by atoms with E-state index in [9.17, 15) is 9.59 Å². The Morgan fingerprint density at radius 3 is 2.30 bits per heavy atom. The van der Waals surface area contributed by atoms with Crippen LogP contribution in [0.3, 0.4) is 0 Å². The molecule has 0 aromatic heterocycles. The number of methoxy groups -OCH3 is 3. The van der Waals surface area contributed by atoms with Gasteiger partial charge >= 0.3 is 12.1 Å². The standard InChI is InChI=1S/C25H30N2O6/c1-30-21-13-18-9-11-26(15-19(18)14-22(21)31-2)20-10-12-27(25(29)32-3)16-23(20)33-24(28)17-7-5-4-6-8-17/h4-8,13-14,20,23H,9-12,15-16H2,1-3H3/t20-,23-/m1/s1. The van der Waals surface area contributed by atoms with E-state index in [1.54, 1.807) is 43.4 Å². The lowest BCUT2D eigenvalue weighted by molar-refractivity contribution is -0.0383. The molecule has 0 bridgehead atoms. The number of esters is 1. The summed E-state index contributed by atoms with van der Waals surface area (Å²) < 4.78 is 21.8. The molecule has 33 heavy (non-hydrogen) atoms. The van der Waals surface area contributed by atoms with E-state index >= 15 is 0 Å². The van der Waals surface area contributed by atoms with Gasteiger partial charge in [-0.3, -0.25) is 4.90 Å². The van der Waals surface area contributed by atoms with E-state index in [-0.39, 0.29) is 12.0 Å². The van der Waals surface area contributed by atoms with Crippen molar-refractivity contribution in [2.75, 3.05) is 41.0 Å². The highest BCUT2D eigenvalue weighted by atomic mass is 16.6. The number of amides is 1. The lowest BCUT2D eigenvalue weighted by atomic mass is 9.93. The minimum absolute atomic E-state index is 0.0141. The molecule has 1 fully saturated rings. The second kappa shape index (κ2) is 10.1. The molecule has 0 saturated carbocycles. The summed E-state index contributed by atoms with van der Waals surface area (Å²) in [6.07, 6.45) is 0.666. The van der Waals surface area contributed by atoms with Gasteiger partial charge in [-0.1, -0.05) is 18.2 Å². The number of ether oxygens (including phenoxy) is 4. The van der Waals surface area contributed by atoms with Crippen LogP contribution in [-0.2, 0) is 22.4 Å². The third-order valence-corrected chi connectivity index (χ3v) is 6.44. The number of rotatable bonds is 5. The molecule has 0 aliphatic carbocycles. The molecule has 2 aromatic rings. The number of fused-ring (bicyclic) bond motifs is 1. The maximum Gasteiger partial charge on any atom is 0.409 e. The van der Waals surface area contributed by atoms with Gasteiger partial charge in [-0.15, -0.1) is 0 Å². The Balaban J connectivity index is 1.55. The largest absolute Gasteiger partial charge is 0.493 e. The fourth-order valence-corrected chi connectivity index (χ4v) is 4.70. The summed E-state index contributed by atoms with van der Waals surface area (Å²) in [4.78, 5) is 28.9. The minimum atomic E-state index is -0.466. The fourth-order valence-electron chi connectivity index (χ4n) is 4.70. The highest BCUT2D eigenvalue weighted by Gasteiger charge is 2.39. The SMILES string of the molecule is COC(=O)N1CC[C@@H](N2CCc3cc(OC)c(OC)cc3C2)[C@H](OC(=O)c2ccccc2)C1. The molecular formula is C25H30N2O6. The van der Waals surface area contributed by atoms with Crippen LogP contribution in [0.25, 0.3) is 0 Å². The Labute approximate surface area is 194 Å². The van der Waals surface area contributed by atoms with E-state index < -0.39 is 12.2 Å². The van der Waals surface area contributed by atoms with Gasteiger partial charge in [-0.25, -0.2) is 9.59 Å². The van der Waals surface area contributed by atoms with Gasteiger partial charge in [0, 0.05) is 19.6 Å². The second-order valence-electron chi connectivity index (χ2n) is 8.28. The summed E-state index contributed by atoms with van der Waals surface area (Å²) in [6.45, 7) is 2.37. The fraction of sp³-hybridized carbons (Fsp3) is 0.440. The van der Waals surface area contributed by atoms with E-state index in [1.807, 2.05) is 18.2 Å². The normalized spacial score (nSPS) is 20.5. The van der Waals surface area contributed by atoms with E-state index in [4.69, 9.17) is 18.9 Å². The van der Waals surface area contributed by atoms with Gasteiger partial charge in [0.25, 0.3) is 0 Å². The van der Waals surface area contributed by atoms with E-state index in [0.29, 0.717) is 37.4 Å². The highest BCUT2D eigenvalue weighted by Crippen LogP contribution is 2.35. The van der Waals surface area contributed by atoms with Crippen LogP contribution >= 0.6 is 0 Å². The molecule has 2 atom stereocenters. The van der Waals surface area contributed by atoms with E-state index in [0.717, 1.165) is 18.7 Å². The first-order valence-electron chi connectivity index (χ1n) is 11.1. The van der Waals surface area contributed by atoms with E-state index in [2.05, 4.69) is 4.90 Å². The maximum atomic E-state index is 12.8. The van der Waals surface area contributed by atoms with Crippen molar-refractivity contribution in [3.63, 3.8) is 0 Å². The third-order valence-electron chi connectivity index (χ3n) is 6.44. The smallest absolute Gasteiger partial charge is 0.409 e. The van der Waals surface area contributed by atoms with Gasteiger partial charge in [0.2, 0.25) is 0 Å². The average Bonchev–Trinajstić information content (AvgIpc) is 2.87. The molecule has 1 amide bonds. The molecule has 2 aromatic carbocycles. The molecule has 0 radical (unpaired) electrons. The van der Waals surface area contributed by atoms with Crippen molar-refractivity contribution < 1.29 is 28.5 Å². The molecular weight excluding hydrogens is 424 g/mol. The number of piperidine rings is 1. The molecule has 0 unspecified atom stereocenters. The molecule has 0 N–H and O–H groups in total. The summed E-state index contributed by atoms with van der Waals surface area (Å²) in [7, 11) is 4.63. The van der Waals surface area contributed by atoms with Gasteiger partial charge in [0.15, 0.2) is 11.5 Å². The van der Waals surface area contributed by atoms with Crippen LogP contribution in [0, 0.1) is 0 Å². The van der Waals surface area contributed by atoms with Crippen molar-refractivity contribution in [3.8, 4) is 11.5 Å². The molecule has 176 valence electrons. The molecule has 2 heterocycles. The number of benzene rings is 2. The zero-order valence-electron chi connectivity index (χ0n) is 19.3. The number of hydrogen-bond donors (Lipinski definition) is 0. The van der Waals surface area contributed by atoms with Crippen LogP contribution in [0.5, 0.6) is 11.5 Å². The van der Waals surface area contributed by atoms with Crippen LogP contribution in [0.2, 0.25) is 0 Å². The Morgan fingerprint density at radius 2 is 1.64 bits per heavy atom. The van der Waals surface area contributed by atoms with Crippen LogP contribution in [0.15, 0.2) is 42.5 Å². The molecule has 0 spiro atoms. The predicted molar refractivity (Wildman–Crippen MR) is 122 cm³/mol. The van der Waals surface area contributed by atoms with Crippen LogP contribution in [-0.4, -0.2) is 75.0 Å². The topological polar surface area (TPSA) is 77.5 Å². The molecule has 8 nitrogen and oxygen atoms in total. The van der Waals surface area contributed by atoms with Crippen molar-refractivity contribution in [3.05, 3.63) is 59.2 Å². The van der Waals surface area contributed by atoms with Gasteiger partial charge in [0.1, 0.15) is 6.10 Å². The lowest BCUT2D eigenvalue weighted by Crippen LogP contribution is -2.57. The summed E-state index contributed by atoms with van der Waals surface area (Å²) in [5.74, 6) is 1.04. The minimum Gasteiger partial charge on any atom is -0.493 e. The van der Waals surface area contributed by atoms with Crippen LogP contribution in [0.1, 0.15) is 27.9 Å². The summed E-state index contributed by atoms with van der Waals surface area (Å²) in [5, 5.41) is 0. The maximum absolute atomic E-state index is 12.8. The predicted octanol–water partition coefficient (Wildman–Crippen LogP) is 3.13. The molecule has 4 rings (SSSR count). The lowest BCUT2D eigenvalue weighted by Gasteiger charge is -2.44. The molecule has 2 aliphatic heterocycles. The molecule has 8 heteroatoms. The number of carbonyl (C=O) groups excluding carboxylic acids is 2. The van der Waals surface area contributed by atoms with Gasteiger partial charge < -0.3 is 23.8 Å². The average molecular weight is 455 g/mol. The van der Waals surface area contributed by atoms with E-state index in [1.165, 1.54) is 18.2 Å². The van der Waals surface area contributed by atoms with Gasteiger partial charge in [-0.2, -0.15) is 0 Å². The number of carbonyl (C=O) groups is 2. The summed E-state index contributed by atoms with van der Waals surface area (Å²) in [5.41, 5.74) is 2.89. The molecule has 1 saturated heterocycles. The quantitative estimate of drug-likeness (QED) is 0.643. The van der Waals surface area contributed by atoms with Crippen molar-refractivity contribution in [2.45, 2.75) is 31.5 Å². The van der Waals surface area contributed by atoms with Crippen molar-refractivity contribution in [1.82, 2.24) is 9.80 Å². The second-order valence-corrected chi connectivity index (χ2v) is 8.28. The van der Waals surface area contributed by atoms with Gasteiger partial charge in [0.05, 0.1) is 39.5 Å². The zero-order valence-corrected chi connectivity index (χ0v) is 19.3. The number of nitrogens with zero attached hydrogens (tertiary/aromatic N) is 2. The van der Waals surface area contributed by atoms with Crippen molar-refractivity contribution in [2.24, 2.45) is 0 Å². The first-order chi connectivity index (χ1) is 16.0. The molecule has 2 aliphatic rings. The van der Waals surface area contributed by atoms with Crippen molar-refractivity contribution in [1.29, 1.82) is 0 Å². The number of likely N-dealkylation sites (tertiary alicyclic amines) is 1. The Morgan fingerprint density at radius 1 is 0.939 bits per heavy atom.